The van der Waals surface area contributed by atoms with Gasteiger partial charge in [-0.3, -0.25) is 0 Å². The summed E-state index contributed by atoms with van der Waals surface area (Å²) < 4.78 is 0. The van der Waals surface area contributed by atoms with Crippen LogP contribution in [0.25, 0.3) is 0 Å². The van der Waals surface area contributed by atoms with Gasteiger partial charge >= 0.3 is 17.1 Å². The normalized spacial score (nSPS) is 20.6. The van der Waals surface area contributed by atoms with E-state index in [9.17, 15) is 0 Å². The molecule has 1 nitrogen and oxygen atoms in total. The molecule has 2 saturated carbocycles. The van der Waals surface area contributed by atoms with Crippen LogP contribution in [0.4, 0.5) is 0 Å². The molecule has 0 heterocycles. The maximum Gasteiger partial charge on any atom is 2.00 e. The van der Waals surface area contributed by atoms with Crippen LogP contribution < -0.4 is 5.32 Å². The van der Waals surface area contributed by atoms with Crippen molar-refractivity contribution in [1.82, 2.24) is 5.32 Å². The molecule has 0 saturated heterocycles. The third-order valence-corrected chi connectivity index (χ3v) is 3.54. The molecule has 0 aromatic heterocycles. The minimum Gasteiger partial charge on any atom is -0.307 e. The van der Waals surface area contributed by atoms with E-state index in [0.29, 0.717) is 12.1 Å². The summed E-state index contributed by atoms with van der Waals surface area (Å²) in [7, 11) is 0. The summed E-state index contributed by atoms with van der Waals surface area (Å²) in [6.07, 6.45) is 18.5. The van der Waals surface area contributed by atoms with E-state index in [4.69, 9.17) is 0 Å². The second-order valence-corrected chi connectivity index (χ2v) is 5.20. The number of hydrogen-bond acceptors (Lipinski definition) is 1. The van der Waals surface area contributed by atoms with Crippen LogP contribution in [-0.4, -0.2) is 6.04 Å². The molecule has 0 aliphatic heterocycles. The molecular formula is C20H23FeN+2. The van der Waals surface area contributed by atoms with Crippen LogP contribution >= 0.6 is 0 Å². The van der Waals surface area contributed by atoms with Gasteiger partial charge in [-0.15, -0.1) is 0 Å². The zero-order chi connectivity index (χ0) is 14.9. The maximum atomic E-state index is 3.60. The summed E-state index contributed by atoms with van der Waals surface area (Å²) in [6, 6.07) is 11.3. The van der Waals surface area contributed by atoms with Crippen LogP contribution in [0.15, 0.2) is 30.3 Å². The molecule has 22 heavy (non-hydrogen) atoms. The molecule has 0 unspecified atom stereocenters. The number of benzene rings is 1. The van der Waals surface area contributed by atoms with Gasteiger partial charge in [0.05, 0.1) is 0 Å². The van der Waals surface area contributed by atoms with Gasteiger partial charge in [0.1, 0.15) is 0 Å². The van der Waals surface area contributed by atoms with Crippen LogP contribution in [0.5, 0.6) is 0 Å². The van der Waals surface area contributed by atoms with Crippen LogP contribution in [0.1, 0.15) is 25.5 Å². The molecule has 0 bridgehead atoms. The Kier molecular flexibility index (Phi) is 10.1. The second kappa shape index (κ2) is 11.3. The van der Waals surface area contributed by atoms with E-state index in [0.717, 1.165) is 0 Å². The fraction of sp³-hybridized carbons (Fsp3) is 0.200. The van der Waals surface area contributed by atoms with E-state index < -0.39 is 0 Å². The molecule has 2 atom stereocenters. The van der Waals surface area contributed by atoms with Gasteiger partial charge in [0.25, 0.3) is 0 Å². The Hall–Kier alpha value is -0.301. The fourth-order valence-corrected chi connectivity index (χ4v) is 2.31. The van der Waals surface area contributed by atoms with Crippen LogP contribution in [0.3, 0.4) is 0 Å². The fourth-order valence-electron chi connectivity index (χ4n) is 2.31. The van der Waals surface area contributed by atoms with Gasteiger partial charge in [0, 0.05) is 12.1 Å². The maximum absolute atomic E-state index is 3.60. The first-order valence-electron chi connectivity index (χ1n) is 7.46. The standard InChI is InChI=1S/C15H18N.C5H5.Fe/c1-12(14-8-4-3-5-9-14)16-13(2)15-10-6-7-11-15;1-2-4-5-3-1;/h3-13,16H,1-2H3;1-5H;/q;;+2/t12-,13-;;/m1../s1. The van der Waals surface area contributed by atoms with Gasteiger partial charge < -0.3 is 5.32 Å². The predicted octanol–water partition coefficient (Wildman–Crippen LogP) is 4.15. The van der Waals surface area contributed by atoms with E-state index in [-0.39, 0.29) is 17.1 Å². The second-order valence-electron chi connectivity index (χ2n) is 5.20. The first-order valence-corrected chi connectivity index (χ1v) is 7.46. The van der Waals surface area contributed by atoms with Crippen molar-refractivity contribution in [1.29, 1.82) is 0 Å². The van der Waals surface area contributed by atoms with Gasteiger partial charge in [-0.2, -0.15) is 0 Å². The molecule has 2 aliphatic rings. The van der Waals surface area contributed by atoms with Gasteiger partial charge in [-0.05, 0) is 83.1 Å². The quantitative estimate of drug-likeness (QED) is 0.816. The monoisotopic (exact) mass is 333 g/mol. The summed E-state index contributed by atoms with van der Waals surface area (Å²) >= 11 is 0. The minimum atomic E-state index is 0. The Morgan fingerprint density at radius 2 is 1.18 bits per heavy atom. The summed E-state index contributed by atoms with van der Waals surface area (Å²) in [5.41, 5.74) is 1.33. The van der Waals surface area contributed by atoms with Gasteiger partial charge in [-0.1, -0.05) is 30.3 Å². The summed E-state index contributed by atoms with van der Waals surface area (Å²) in [5.74, 6) is 1.35. The van der Waals surface area contributed by atoms with Crippen molar-refractivity contribution >= 4 is 0 Å². The molecule has 1 aromatic carbocycles. The van der Waals surface area contributed by atoms with E-state index in [1.807, 2.05) is 32.1 Å². The van der Waals surface area contributed by atoms with Crippen molar-refractivity contribution in [3.05, 3.63) is 99.6 Å². The molecule has 0 spiro atoms. The zero-order valence-corrected chi connectivity index (χ0v) is 14.2. The number of rotatable bonds is 4. The smallest absolute Gasteiger partial charge is 0.307 e. The Morgan fingerprint density at radius 1 is 0.682 bits per heavy atom. The average Bonchev–Trinajstić information content (AvgIpc) is 3.23. The van der Waals surface area contributed by atoms with Crippen molar-refractivity contribution in [2.24, 2.45) is 0 Å². The van der Waals surface area contributed by atoms with E-state index >= 15 is 0 Å². The third kappa shape index (κ3) is 6.86. The summed E-state index contributed by atoms with van der Waals surface area (Å²) in [5, 5.41) is 3.60. The summed E-state index contributed by atoms with van der Waals surface area (Å²) in [6.45, 7) is 4.41. The molecule has 0 amide bonds. The minimum absolute atomic E-state index is 0. The van der Waals surface area contributed by atoms with Crippen molar-refractivity contribution < 1.29 is 17.1 Å². The van der Waals surface area contributed by atoms with Crippen LogP contribution in [0.2, 0.25) is 0 Å². The van der Waals surface area contributed by atoms with Crippen molar-refractivity contribution in [2.75, 3.05) is 0 Å². The van der Waals surface area contributed by atoms with Crippen molar-refractivity contribution in [3.63, 3.8) is 0 Å². The molecule has 2 fully saturated rings. The molecule has 114 valence electrons. The third-order valence-electron chi connectivity index (χ3n) is 3.54. The molecule has 2 heteroatoms. The molecule has 2 aliphatic carbocycles. The number of hydrogen-bond donors (Lipinski definition) is 1. The molecule has 3 rings (SSSR count). The van der Waals surface area contributed by atoms with Crippen molar-refractivity contribution in [2.45, 2.75) is 25.9 Å². The van der Waals surface area contributed by atoms with Gasteiger partial charge in [-0.25, -0.2) is 0 Å². The van der Waals surface area contributed by atoms with Crippen LogP contribution in [-0.2, 0) is 17.1 Å². The van der Waals surface area contributed by atoms with Gasteiger partial charge in [0.2, 0.25) is 0 Å². The largest absolute Gasteiger partial charge is 2.00 e. The Bertz CT molecular complexity index is 361. The molecular weight excluding hydrogens is 310 g/mol. The zero-order valence-electron chi connectivity index (χ0n) is 13.1. The first-order chi connectivity index (χ1) is 10.3. The van der Waals surface area contributed by atoms with E-state index in [1.165, 1.54) is 11.5 Å². The predicted molar refractivity (Wildman–Crippen MR) is 89.4 cm³/mol. The first kappa shape index (κ1) is 19.7. The molecule has 1 N–H and O–H groups in total. The Labute approximate surface area is 148 Å². The molecule has 1 aromatic rings. The van der Waals surface area contributed by atoms with E-state index in [2.05, 4.69) is 75.2 Å². The Morgan fingerprint density at radius 3 is 1.68 bits per heavy atom. The topological polar surface area (TPSA) is 12.0 Å². The van der Waals surface area contributed by atoms with Crippen LogP contribution in [0, 0.1) is 63.7 Å². The van der Waals surface area contributed by atoms with Crippen molar-refractivity contribution in [3.8, 4) is 0 Å². The van der Waals surface area contributed by atoms with E-state index in [1.54, 1.807) is 0 Å². The number of nitrogens with one attached hydrogen (secondary N) is 1. The average molecular weight is 333 g/mol. The Balaban J connectivity index is 0.000000344. The molecule has 10 radical (unpaired) electrons. The summed E-state index contributed by atoms with van der Waals surface area (Å²) in [4.78, 5) is 0. The SMILES string of the molecule is C[C@@H](N[C@H](C)c1ccccc1)[C]1[CH][CH][CH][CH]1.[CH]1[CH][CH][CH][CH]1.[Fe+2]. The van der Waals surface area contributed by atoms with Gasteiger partial charge in [0.15, 0.2) is 0 Å².